The maximum Gasteiger partial charge on any atom is 0.472 e. The van der Waals surface area contributed by atoms with E-state index in [9.17, 15) is 43.2 Å². The molecule has 0 heterocycles. The van der Waals surface area contributed by atoms with Crippen molar-refractivity contribution in [2.24, 2.45) is 11.8 Å². The summed E-state index contributed by atoms with van der Waals surface area (Å²) in [5.41, 5.74) is 0. The summed E-state index contributed by atoms with van der Waals surface area (Å²) in [7, 11) is -9.93. The highest BCUT2D eigenvalue weighted by Gasteiger charge is 2.30. The lowest BCUT2D eigenvalue weighted by Gasteiger charge is -2.21. The van der Waals surface area contributed by atoms with Crippen molar-refractivity contribution in [3.63, 3.8) is 0 Å². The van der Waals surface area contributed by atoms with Crippen molar-refractivity contribution in [1.29, 1.82) is 0 Å². The number of phosphoric ester groups is 2. The molecule has 0 fully saturated rings. The summed E-state index contributed by atoms with van der Waals surface area (Å²) in [6.45, 7) is 9.76. The number of hydrogen-bond acceptors (Lipinski definition) is 15. The fraction of sp³-hybridized carbons (Fsp3) is 0.954. The van der Waals surface area contributed by atoms with E-state index in [0.29, 0.717) is 25.7 Å². The summed E-state index contributed by atoms with van der Waals surface area (Å²) in [6, 6.07) is 0. The number of carbonyl (C=O) groups excluding carboxylic acids is 4. The molecular formula is C87H170O17P2. The molecule has 3 unspecified atom stereocenters. The first-order valence-electron chi connectivity index (χ1n) is 45.0. The van der Waals surface area contributed by atoms with Crippen molar-refractivity contribution in [3.8, 4) is 0 Å². The van der Waals surface area contributed by atoms with Gasteiger partial charge in [0, 0.05) is 25.7 Å². The van der Waals surface area contributed by atoms with Crippen LogP contribution in [0.2, 0.25) is 0 Å². The molecule has 0 amide bonds. The fourth-order valence-electron chi connectivity index (χ4n) is 13.6. The van der Waals surface area contributed by atoms with Gasteiger partial charge in [-0.15, -0.1) is 0 Å². The number of hydrogen-bond donors (Lipinski definition) is 3. The normalized spacial score (nSPS) is 14.1. The summed E-state index contributed by atoms with van der Waals surface area (Å²) in [6.07, 6.45) is 70.6. The molecule has 0 radical (unpaired) electrons. The van der Waals surface area contributed by atoms with Gasteiger partial charge in [0.1, 0.15) is 19.3 Å². The van der Waals surface area contributed by atoms with Crippen LogP contribution in [0.5, 0.6) is 0 Å². The van der Waals surface area contributed by atoms with E-state index >= 15 is 0 Å². The summed E-state index contributed by atoms with van der Waals surface area (Å²) in [5.74, 6) is -0.453. The smallest absolute Gasteiger partial charge is 0.462 e. The van der Waals surface area contributed by atoms with Crippen molar-refractivity contribution in [2.75, 3.05) is 39.6 Å². The lowest BCUT2D eigenvalue weighted by molar-refractivity contribution is -0.161. The number of aliphatic hydroxyl groups is 1. The molecule has 630 valence electrons. The molecule has 3 N–H and O–H groups in total. The summed E-state index contributed by atoms with van der Waals surface area (Å²) in [4.78, 5) is 73.3. The minimum atomic E-state index is -4.97. The summed E-state index contributed by atoms with van der Waals surface area (Å²) in [5, 5.41) is 10.7. The highest BCUT2D eigenvalue weighted by atomic mass is 31.2. The molecule has 0 aliphatic rings. The van der Waals surface area contributed by atoms with Crippen LogP contribution in [-0.4, -0.2) is 96.7 Å². The van der Waals surface area contributed by atoms with Crippen LogP contribution in [0.25, 0.3) is 0 Å². The largest absolute Gasteiger partial charge is 0.472 e. The van der Waals surface area contributed by atoms with Crippen LogP contribution in [0.3, 0.4) is 0 Å². The third kappa shape index (κ3) is 78.7. The van der Waals surface area contributed by atoms with Crippen LogP contribution < -0.4 is 0 Å². The Hall–Kier alpha value is -1.94. The molecule has 0 saturated heterocycles. The molecule has 0 saturated carbocycles. The second-order valence-electron chi connectivity index (χ2n) is 32.0. The fourth-order valence-corrected chi connectivity index (χ4v) is 15.1. The van der Waals surface area contributed by atoms with Crippen molar-refractivity contribution in [3.05, 3.63) is 0 Å². The van der Waals surface area contributed by atoms with Gasteiger partial charge in [0.25, 0.3) is 0 Å². The maximum absolute atomic E-state index is 13.2. The van der Waals surface area contributed by atoms with Gasteiger partial charge in [0.05, 0.1) is 26.4 Å². The number of esters is 4. The minimum Gasteiger partial charge on any atom is -0.462 e. The van der Waals surface area contributed by atoms with E-state index in [1.165, 1.54) is 283 Å². The monoisotopic (exact) mass is 1550 g/mol. The molecule has 0 aliphatic heterocycles. The van der Waals surface area contributed by atoms with Crippen LogP contribution in [0, 0.1) is 11.8 Å². The van der Waals surface area contributed by atoms with E-state index in [4.69, 9.17) is 37.0 Å². The molecule has 6 atom stereocenters. The van der Waals surface area contributed by atoms with Gasteiger partial charge in [-0.3, -0.25) is 37.3 Å². The van der Waals surface area contributed by atoms with E-state index in [-0.39, 0.29) is 25.7 Å². The van der Waals surface area contributed by atoms with Crippen molar-refractivity contribution >= 4 is 39.5 Å². The molecule has 0 aromatic carbocycles. The van der Waals surface area contributed by atoms with E-state index in [0.717, 1.165) is 102 Å². The van der Waals surface area contributed by atoms with Crippen LogP contribution in [0.4, 0.5) is 0 Å². The van der Waals surface area contributed by atoms with Crippen molar-refractivity contribution < 1.29 is 80.2 Å². The first-order valence-corrected chi connectivity index (χ1v) is 48.0. The topological polar surface area (TPSA) is 237 Å². The van der Waals surface area contributed by atoms with Gasteiger partial charge in [-0.1, -0.05) is 414 Å². The van der Waals surface area contributed by atoms with E-state index in [1.807, 2.05) is 0 Å². The molecule has 0 rings (SSSR count). The zero-order valence-electron chi connectivity index (χ0n) is 69.7. The maximum atomic E-state index is 13.2. The number of phosphoric acid groups is 2. The van der Waals surface area contributed by atoms with E-state index in [1.54, 1.807) is 0 Å². The molecule has 0 aromatic heterocycles. The summed E-state index contributed by atoms with van der Waals surface area (Å²) < 4.78 is 69.0. The molecule has 0 bridgehead atoms. The molecular weight excluding hydrogens is 1380 g/mol. The first kappa shape index (κ1) is 104. The van der Waals surface area contributed by atoms with Crippen LogP contribution in [0.1, 0.15) is 465 Å². The van der Waals surface area contributed by atoms with Crippen molar-refractivity contribution in [2.45, 2.75) is 484 Å². The van der Waals surface area contributed by atoms with Crippen LogP contribution in [0.15, 0.2) is 0 Å². The Morgan fingerprint density at radius 2 is 0.481 bits per heavy atom. The quantitative estimate of drug-likeness (QED) is 0.0222. The van der Waals surface area contributed by atoms with Gasteiger partial charge in [0.2, 0.25) is 0 Å². The number of carbonyl (C=O) groups is 4. The van der Waals surface area contributed by atoms with Gasteiger partial charge >= 0.3 is 39.5 Å². The minimum absolute atomic E-state index is 0.108. The molecule has 17 nitrogen and oxygen atoms in total. The Morgan fingerprint density at radius 3 is 0.717 bits per heavy atom. The molecule has 0 aromatic rings. The molecule has 0 spiro atoms. The van der Waals surface area contributed by atoms with Gasteiger partial charge in [-0.05, 0) is 37.5 Å². The average molecular weight is 1550 g/mol. The Morgan fingerprint density at radius 1 is 0.274 bits per heavy atom. The van der Waals surface area contributed by atoms with Gasteiger partial charge < -0.3 is 33.8 Å². The van der Waals surface area contributed by atoms with E-state index < -0.39 is 97.5 Å². The standard InChI is InChI=1S/C87H170O17P2/c1-7-10-12-14-16-18-20-22-23-24-25-26-27-35-41-47-53-59-65-71-86(91)104-83(76-98-85(90)70-64-58-52-46-40-34-31-29-33-38-44-50-56-62-68-80(6)9-3)78-102-106(95,96)100-74-81(88)73-99-105(93,94)101-77-82(75-97-84(89)69-63-57-51-45-39-21-19-17-15-13-11-8-2)103-87(92)72-66-60-54-48-42-36-30-28-32-37-43-49-55-61-67-79(4)5/h79-83,88H,7-78H2,1-6H3,(H,93,94)(H,95,96)/t80?,81-,82+,83+/m0/s1. The number of rotatable bonds is 86. The SMILES string of the molecule is CCCCCCCCCCCCCCCCCCCCCC(=O)O[C@H](COC(=O)CCCCCCCCCCCCCCCCC(C)CC)COP(=O)(O)OC[C@@H](O)COP(=O)(O)OC[C@@H](COC(=O)CCCCCCCCCCCCCC)OC(=O)CCCCCCCCCCCCCCCCC(C)C. The lowest BCUT2D eigenvalue weighted by atomic mass is 9.99. The highest BCUT2D eigenvalue weighted by Crippen LogP contribution is 2.45. The predicted molar refractivity (Wildman–Crippen MR) is 437 cm³/mol. The lowest BCUT2D eigenvalue weighted by Crippen LogP contribution is -2.30. The third-order valence-electron chi connectivity index (χ3n) is 20.8. The van der Waals surface area contributed by atoms with Crippen LogP contribution in [-0.2, 0) is 65.4 Å². The van der Waals surface area contributed by atoms with Crippen LogP contribution >= 0.6 is 15.6 Å². The second-order valence-corrected chi connectivity index (χ2v) is 34.9. The summed E-state index contributed by atoms with van der Waals surface area (Å²) >= 11 is 0. The number of aliphatic hydroxyl groups excluding tert-OH is 1. The van der Waals surface area contributed by atoms with Crippen molar-refractivity contribution in [1.82, 2.24) is 0 Å². The van der Waals surface area contributed by atoms with Gasteiger partial charge in [0.15, 0.2) is 12.2 Å². The molecule has 19 heteroatoms. The van der Waals surface area contributed by atoms with E-state index in [2.05, 4.69) is 41.5 Å². The Kier molecular flexibility index (Phi) is 76.9. The Bertz CT molecular complexity index is 2030. The van der Waals surface area contributed by atoms with Gasteiger partial charge in [-0.2, -0.15) is 0 Å². The predicted octanol–water partition coefficient (Wildman–Crippen LogP) is 26.6. The second kappa shape index (κ2) is 78.3. The number of ether oxygens (including phenoxy) is 4. The first-order chi connectivity index (χ1) is 51.4. The zero-order chi connectivity index (χ0) is 77.8. The molecule has 0 aliphatic carbocycles. The Labute approximate surface area is 651 Å². The number of unbranched alkanes of at least 4 members (excludes halogenated alkanes) is 55. The zero-order valence-corrected chi connectivity index (χ0v) is 71.5. The highest BCUT2D eigenvalue weighted by molar-refractivity contribution is 7.47. The average Bonchev–Trinajstić information content (AvgIpc) is 0.901. The third-order valence-corrected chi connectivity index (χ3v) is 22.7. The Balaban J connectivity index is 5.26. The van der Waals surface area contributed by atoms with Gasteiger partial charge in [-0.25, -0.2) is 9.13 Å². The molecule has 106 heavy (non-hydrogen) atoms.